The van der Waals surface area contributed by atoms with Crippen molar-refractivity contribution >= 4 is 5.97 Å². The van der Waals surface area contributed by atoms with E-state index in [0.717, 1.165) is 19.4 Å². The van der Waals surface area contributed by atoms with E-state index in [4.69, 9.17) is 0 Å². The summed E-state index contributed by atoms with van der Waals surface area (Å²) >= 11 is 0. The van der Waals surface area contributed by atoms with Gasteiger partial charge < -0.3 is 5.11 Å². The van der Waals surface area contributed by atoms with Crippen molar-refractivity contribution in [2.75, 3.05) is 0 Å². The molecule has 1 atom stereocenters. The van der Waals surface area contributed by atoms with Crippen LogP contribution in [0.15, 0.2) is 24.3 Å². The molecule has 21 heavy (non-hydrogen) atoms. The molecule has 0 aromatic heterocycles. The molecule has 0 saturated heterocycles. The normalized spacial score (nSPS) is 24.9. The predicted octanol–water partition coefficient (Wildman–Crippen LogP) is 3.61. The standard InChI is InChI=1S/C18H25NO2/c20-18(21)17-12-14-8-6-7-9-15(14)13-19(17)16-10-4-2-1-3-5-11-16/h6-9,16-17H,1-5,10-13H2,(H,20,21). The molecule has 1 aromatic carbocycles. The molecule has 1 N–H and O–H groups in total. The molecule has 3 nitrogen and oxygen atoms in total. The van der Waals surface area contributed by atoms with Crippen LogP contribution in [0.5, 0.6) is 0 Å². The maximum absolute atomic E-state index is 11.7. The number of hydrogen-bond acceptors (Lipinski definition) is 2. The highest BCUT2D eigenvalue weighted by atomic mass is 16.4. The van der Waals surface area contributed by atoms with Gasteiger partial charge in [-0.3, -0.25) is 9.69 Å². The molecular weight excluding hydrogens is 262 g/mol. The molecule has 1 aliphatic carbocycles. The van der Waals surface area contributed by atoms with E-state index in [0.29, 0.717) is 12.5 Å². The van der Waals surface area contributed by atoms with Crippen LogP contribution in [0, 0.1) is 0 Å². The van der Waals surface area contributed by atoms with E-state index in [1.807, 2.05) is 6.07 Å². The van der Waals surface area contributed by atoms with Gasteiger partial charge in [-0.2, -0.15) is 0 Å². The number of carboxylic acids is 1. The lowest BCUT2D eigenvalue weighted by atomic mass is 9.89. The second-order valence-corrected chi connectivity index (χ2v) is 6.50. The van der Waals surface area contributed by atoms with Crippen molar-refractivity contribution in [2.24, 2.45) is 0 Å². The molecule has 1 aromatic rings. The number of carbonyl (C=O) groups is 1. The zero-order valence-corrected chi connectivity index (χ0v) is 12.6. The maximum atomic E-state index is 11.7. The van der Waals surface area contributed by atoms with Gasteiger partial charge in [-0.15, -0.1) is 0 Å². The first-order valence-corrected chi connectivity index (χ1v) is 8.31. The quantitative estimate of drug-likeness (QED) is 0.903. The van der Waals surface area contributed by atoms with Gasteiger partial charge in [0, 0.05) is 12.6 Å². The van der Waals surface area contributed by atoms with Crippen molar-refractivity contribution < 1.29 is 9.90 Å². The molecule has 1 aliphatic heterocycles. The smallest absolute Gasteiger partial charge is 0.321 e. The van der Waals surface area contributed by atoms with Crippen molar-refractivity contribution in [1.29, 1.82) is 0 Å². The van der Waals surface area contributed by atoms with Gasteiger partial charge in [-0.05, 0) is 30.4 Å². The fourth-order valence-corrected chi connectivity index (χ4v) is 3.92. The molecular formula is C18H25NO2. The van der Waals surface area contributed by atoms with Gasteiger partial charge in [0.15, 0.2) is 0 Å². The third-order valence-corrected chi connectivity index (χ3v) is 5.11. The molecule has 114 valence electrons. The van der Waals surface area contributed by atoms with Gasteiger partial charge in [0.2, 0.25) is 0 Å². The van der Waals surface area contributed by atoms with Crippen molar-refractivity contribution in [3.8, 4) is 0 Å². The number of rotatable bonds is 2. The highest BCUT2D eigenvalue weighted by molar-refractivity contribution is 5.74. The average Bonchev–Trinajstić information content (AvgIpc) is 2.45. The monoisotopic (exact) mass is 287 g/mol. The topological polar surface area (TPSA) is 40.5 Å². The Bertz CT molecular complexity index is 492. The van der Waals surface area contributed by atoms with Crippen molar-refractivity contribution in [3.05, 3.63) is 35.4 Å². The molecule has 1 heterocycles. The molecule has 0 radical (unpaired) electrons. The third kappa shape index (κ3) is 3.29. The Morgan fingerprint density at radius 1 is 1.00 bits per heavy atom. The van der Waals surface area contributed by atoms with Crippen LogP contribution in [-0.4, -0.2) is 28.1 Å². The van der Waals surface area contributed by atoms with E-state index in [-0.39, 0.29) is 6.04 Å². The Balaban J connectivity index is 1.82. The Kier molecular flexibility index (Phi) is 4.59. The Labute approximate surface area is 127 Å². The molecule has 0 spiro atoms. The van der Waals surface area contributed by atoms with Crippen LogP contribution in [0.25, 0.3) is 0 Å². The Morgan fingerprint density at radius 3 is 2.29 bits per heavy atom. The molecule has 0 amide bonds. The van der Waals surface area contributed by atoms with Crippen LogP contribution < -0.4 is 0 Å². The molecule has 3 heteroatoms. The molecule has 1 unspecified atom stereocenters. The van der Waals surface area contributed by atoms with E-state index in [2.05, 4.69) is 23.1 Å². The summed E-state index contributed by atoms with van der Waals surface area (Å²) in [6, 6.07) is 8.42. The van der Waals surface area contributed by atoms with E-state index in [9.17, 15) is 9.90 Å². The van der Waals surface area contributed by atoms with Gasteiger partial charge in [-0.1, -0.05) is 56.4 Å². The van der Waals surface area contributed by atoms with Crippen LogP contribution in [0.4, 0.5) is 0 Å². The SMILES string of the molecule is O=C(O)C1Cc2ccccc2CN1C1CCCCCCC1. The lowest BCUT2D eigenvalue weighted by molar-refractivity contribution is -0.145. The van der Waals surface area contributed by atoms with E-state index < -0.39 is 5.97 Å². The van der Waals surface area contributed by atoms with Gasteiger partial charge in [0.1, 0.15) is 6.04 Å². The molecule has 2 aliphatic rings. The van der Waals surface area contributed by atoms with E-state index in [1.165, 1.54) is 43.2 Å². The van der Waals surface area contributed by atoms with Crippen molar-refractivity contribution in [1.82, 2.24) is 4.90 Å². The van der Waals surface area contributed by atoms with Crippen molar-refractivity contribution in [2.45, 2.75) is 70.0 Å². The number of hydrogen-bond donors (Lipinski definition) is 1. The third-order valence-electron chi connectivity index (χ3n) is 5.11. The number of fused-ring (bicyclic) bond motifs is 1. The summed E-state index contributed by atoms with van der Waals surface area (Å²) in [5.74, 6) is -0.661. The second-order valence-electron chi connectivity index (χ2n) is 6.50. The van der Waals surface area contributed by atoms with Crippen molar-refractivity contribution in [3.63, 3.8) is 0 Å². The zero-order valence-electron chi connectivity index (χ0n) is 12.6. The molecule has 1 fully saturated rings. The summed E-state index contributed by atoms with van der Waals surface area (Å²) < 4.78 is 0. The summed E-state index contributed by atoms with van der Waals surface area (Å²) in [5.41, 5.74) is 2.53. The summed E-state index contributed by atoms with van der Waals surface area (Å²) in [5, 5.41) is 9.65. The van der Waals surface area contributed by atoms with Gasteiger partial charge in [-0.25, -0.2) is 0 Å². The first-order valence-electron chi connectivity index (χ1n) is 8.31. The van der Waals surface area contributed by atoms with Gasteiger partial charge in [0.05, 0.1) is 0 Å². The Hall–Kier alpha value is -1.35. The number of benzene rings is 1. The average molecular weight is 287 g/mol. The Morgan fingerprint density at radius 2 is 1.62 bits per heavy atom. The van der Waals surface area contributed by atoms with E-state index >= 15 is 0 Å². The maximum Gasteiger partial charge on any atom is 0.321 e. The summed E-state index contributed by atoms with van der Waals surface area (Å²) in [6.45, 7) is 0.803. The second kappa shape index (κ2) is 6.61. The zero-order chi connectivity index (χ0) is 14.7. The minimum atomic E-state index is -0.661. The van der Waals surface area contributed by atoms with Crippen LogP contribution in [0.3, 0.4) is 0 Å². The summed E-state index contributed by atoms with van der Waals surface area (Å²) in [7, 11) is 0. The van der Waals surface area contributed by atoms with E-state index in [1.54, 1.807) is 0 Å². The minimum Gasteiger partial charge on any atom is -0.480 e. The number of nitrogens with zero attached hydrogens (tertiary/aromatic N) is 1. The fraction of sp³-hybridized carbons (Fsp3) is 0.611. The minimum absolute atomic E-state index is 0.343. The highest BCUT2D eigenvalue weighted by Gasteiger charge is 2.35. The molecule has 3 rings (SSSR count). The van der Waals surface area contributed by atoms with Gasteiger partial charge >= 0.3 is 5.97 Å². The highest BCUT2D eigenvalue weighted by Crippen LogP contribution is 2.30. The predicted molar refractivity (Wildman–Crippen MR) is 83.2 cm³/mol. The first-order chi connectivity index (χ1) is 10.3. The summed E-state index contributed by atoms with van der Waals surface area (Å²) in [4.78, 5) is 14.0. The van der Waals surface area contributed by atoms with Crippen LogP contribution in [0.2, 0.25) is 0 Å². The van der Waals surface area contributed by atoms with Crippen LogP contribution >= 0.6 is 0 Å². The lowest BCUT2D eigenvalue weighted by Gasteiger charge is -2.40. The number of aliphatic carboxylic acids is 1. The lowest BCUT2D eigenvalue weighted by Crippen LogP contribution is -2.50. The largest absolute Gasteiger partial charge is 0.480 e. The fourth-order valence-electron chi connectivity index (χ4n) is 3.92. The van der Waals surface area contributed by atoms with Crippen LogP contribution in [0.1, 0.15) is 56.1 Å². The van der Waals surface area contributed by atoms with Crippen LogP contribution in [-0.2, 0) is 17.8 Å². The summed E-state index contributed by atoms with van der Waals surface area (Å²) in [6.07, 6.45) is 9.42. The molecule has 0 bridgehead atoms. The molecule has 1 saturated carbocycles. The number of carboxylic acid groups (broad SMARTS) is 1. The first kappa shape index (κ1) is 14.6. The van der Waals surface area contributed by atoms with Gasteiger partial charge in [0.25, 0.3) is 0 Å².